The van der Waals surface area contributed by atoms with Gasteiger partial charge < -0.3 is 5.73 Å². The maximum Gasteiger partial charge on any atom is 0.0447 e. The predicted octanol–water partition coefficient (Wildman–Crippen LogP) is 5.69. The highest BCUT2D eigenvalue weighted by molar-refractivity contribution is 8.07. The summed E-state index contributed by atoms with van der Waals surface area (Å²) in [6, 6.07) is 29.6. The van der Waals surface area contributed by atoms with E-state index in [-0.39, 0.29) is 0 Å². The van der Waals surface area contributed by atoms with Gasteiger partial charge in [0.05, 0.1) is 0 Å². The first kappa shape index (κ1) is 16.5. The highest BCUT2D eigenvalue weighted by atomic mass is 32.2. The molecule has 0 heterocycles. The molecule has 0 spiro atoms. The Morgan fingerprint density at radius 3 is 1.23 bits per heavy atom. The topological polar surface area (TPSA) is 35.2 Å². The molecule has 22 heavy (non-hydrogen) atoms. The van der Waals surface area contributed by atoms with Gasteiger partial charge in [0.1, 0.15) is 0 Å². The summed E-state index contributed by atoms with van der Waals surface area (Å²) in [5, 5.41) is 0. The van der Waals surface area contributed by atoms with E-state index in [1.807, 2.05) is 91.0 Å². The standard InChI is InChI=1S/C12H10OS2.C6H7N/c1-3-7-11(8-4-1)14-13-15-12-9-5-2-6-10-12;7-6-4-2-1-3-5-6/h1-10H;1-5H,7H2. The average molecular weight is 327 g/mol. The molecule has 0 aliphatic rings. The van der Waals surface area contributed by atoms with Crippen LogP contribution in [0, 0.1) is 0 Å². The number of hydrogen-bond donors (Lipinski definition) is 1. The second kappa shape index (κ2) is 9.95. The van der Waals surface area contributed by atoms with E-state index in [0.717, 1.165) is 15.5 Å². The number of nitrogens with two attached hydrogens (primary N) is 1. The van der Waals surface area contributed by atoms with Gasteiger partial charge in [-0.15, -0.1) is 0 Å². The number of benzene rings is 3. The van der Waals surface area contributed by atoms with Gasteiger partial charge >= 0.3 is 0 Å². The highest BCUT2D eigenvalue weighted by Gasteiger charge is 1.95. The molecule has 3 aromatic rings. The van der Waals surface area contributed by atoms with Gasteiger partial charge in [-0.25, -0.2) is 3.63 Å². The van der Waals surface area contributed by atoms with Gasteiger partial charge in [-0.05, 0) is 36.4 Å². The molecule has 0 amide bonds. The van der Waals surface area contributed by atoms with Crippen LogP contribution in [-0.4, -0.2) is 0 Å². The first-order valence-corrected chi connectivity index (χ1v) is 8.25. The zero-order chi connectivity index (χ0) is 15.5. The minimum Gasteiger partial charge on any atom is -0.399 e. The second-order valence-corrected chi connectivity index (χ2v) is 6.09. The van der Waals surface area contributed by atoms with Crippen LogP contribution >= 0.6 is 24.1 Å². The van der Waals surface area contributed by atoms with Crippen molar-refractivity contribution >= 4 is 29.8 Å². The van der Waals surface area contributed by atoms with E-state index in [0.29, 0.717) is 0 Å². The summed E-state index contributed by atoms with van der Waals surface area (Å²) in [4.78, 5) is 2.22. The van der Waals surface area contributed by atoms with Gasteiger partial charge in [0, 0.05) is 39.6 Å². The molecule has 0 saturated carbocycles. The molecule has 2 nitrogen and oxygen atoms in total. The van der Waals surface area contributed by atoms with Crippen molar-refractivity contribution in [2.75, 3.05) is 5.73 Å². The minimum absolute atomic E-state index is 0.822. The van der Waals surface area contributed by atoms with E-state index >= 15 is 0 Å². The van der Waals surface area contributed by atoms with Crippen LogP contribution in [0.1, 0.15) is 0 Å². The lowest BCUT2D eigenvalue weighted by Crippen LogP contribution is -1.79. The largest absolute Gasteiger partial charge is 0.399 e. The monoisotopic (exact) mass is 327 g/mol. The van der Waals surface area contributed by atoms with Crippen LogP contribution < -0.4 is 5.73 Å². The molecule has 0 aliphatic carbocycles. The van der Waals surface area contributed by atoms with Crippen LogP contribution in [0.5, 0.6) is 0 Å². The summed E-state index contributed by atoms with van der Waals surface area (Å²) in [6.07, 6.45) is 0. The van der Waals surface area contributed by atoms with Gasteiger partial charge in [0.25, 0.3) is 0 Å². The van der Waals surface area contributed by atoms with E-state index in [2.05, 4.69) is 0 Å². The normalized spacial score (nSPS) is 9.64. The fourth-order valence-corrected chi connectivity index (χ4v) is 2.80. The van der Waals surface area contributed by atoms with Crippen LogP contribution in [0.3, 0.4) is 0 Å². The maximum absolute atomic E-state index is 5.44. The molecule has 2 N–H and O–H groups in total. The van der Waals surface area contributed by atoms with Crippen LogP contribution in [0.15, 0.2) is 101 Å². The number of para-hydroxylation sites is 1. The number of anilines is 1. The second-order valence-electron chi connectivity index (χ2n) is 4.27. The molecule has 112 valence electrons. The predicted molar refractivity (Wildman–Crippen MR) is 96.5 cm³/mol. The average Bonchev–Trinajstić information content (AvgIpc) is 2.58. The lowest BCUT2D eigenvalue weighted by atomic mass is 10.3. The van der Waals surface area contributed by atoms with E-state index in [1.54, 1.807) is 0 Å². The van der Waals surface area contributed by atoms with Crippen LogP contribution in [-0.2, 0) is 3.63 Å². The summed E-state index contributed by atoms with van der Waals surface area (Å²) in [5.74, 6) is 0. The molecular formula is C18H17NOS2. The zero-order valence-electron chi connectivity index (χ0n) is 12.0. The van der Waals surface area contributed by atoms with E-state index in [1.165, 1.54) is 24.1 Å². The van der Waals surface area contributed by atoms with Crippen molar-refractivity contribution in [2.24, 2.45) is 0 Å². The molecule has 0 bridgehead atoms. The van der Waals surface area contributed by atoms with Crippen LogP contribution in [0.4, 0.5) is 5.69 Å². The van der Waals surface area contributed by atoms with Crippen LogP contribution in [0.2, 0.25) is 0 Å². The lowest BCUT2D eigenvalue weighted by Gasteiger charge is -2.00. The maximum atomic E-state index is 5.44. The van der Waals surface area contributed by atoms with Gasteiger partial charge in [0.2, 0.25) is 0 Å². The van der Waals surface area contributed by atoms with Crippen molar-refractivity contribution in [1.29, 1.82) is 0 Å². The molecule has 0 saturated heterocycles. The number of hydrogen-bond acceptors (Lipinski definition) is 4. The third kappa shape index (κ3) is 6.72. The quantitative estimate of drug-likeness (QED) is 0.493. The first-order valence-electron chi connectivity index (χ1n) is 6.76. The molecule has 0 atom stereocenters. The molecule has 4 heteroatoms. The third-order valence-corrected chi connectivity index (χ3v) is 4.02. The molecule has 0 radical (unpaired) electrons. The summed E-state index contributed by atoms with van der Waals surface area (Å²) in [5.41, 5.74) is 6.18. The van der Waals surface area contributed by atoms with E-state index in [4.69, 9.17) is 9.36 Å². The van der Waals surface area contributed by atoms with Gasteiger partial charge in [-0.1, -0.05) is 54.6 Å². The number of rotatable bonds is 4. The third-order valence-electron chi connectivity index (χ3n) is 2.55. The first-order chi connectivity index (χ1) is 10.8. The van der Waals surface area contributed by atoms with Crippen molar-refractivity contribution < 1.29 is 3.63 Å². The van der Waals surface area contributed by atoms with Crippen molar-refractivity contribution in [1.82, 2.24) is 0 Å². The molecule has 3 aromatic carbocycles. The summed E-state index contributed by atoms with van der Waals surface area (Å²) in [7, 11) is 0. The van der Waals surface area contributed by atoms with Crippen molar-refractivity contribution in [3.63, 3.8) is 0 Å². The molecule has 0 unspecified atom stereocenters. The fourth-order valence-electron chi connectivity index (χ4n) is 1.50. The SMILES string of the molecule is Nc1ccccc1.c1ccc(SOSc2ccccc2)cc1. The Kier molecular flexibility index (Phi) is 7.46. The Morgan fingerprint density at radius 2 is 0.909 bits per heavy atom. The fraction of sp³-hybridized carbons (Fsp3) is 0. The smallest absolute Gasteiger partial charge is 0.0447 e. The molecule has 0 aliphatic heterocycles. The van der Waals surface area contributed by atoms with Crippen molar-refractivity contribution in [3.8, 4) is 0 Å². The Hall–Kier alpha value is -1.88. The summed E-state index contributed by atoms with van der Waals surface area (Å²) >= 11 is 2.76. The Balaban J connectivity index is 0.000000211. The molecule has 3 rings (SSSR count). The lowest BCUT2D eigenvalue weighted by molar-refractivity contribution is 0.757. The summed E-state index contributed by atoms with van der Waals surface area (Å²) < 4.78 is 5.44. The zero-order valence-corrected chi connectivity index (χ0v) is 13.6. The van der Waals surface area contributed by atoms with E-state index in [9.17, 15) is 0 Å². The van der Waals surface area contributed by atoms with Crippen molar-refractivity contribution in [2.45, 2.75) is 9.79 Å². The Morgan fingerprint density at radius 1 is 0.545 bits per heavy atom. The molecular weight excluding hydrogens is 310 g/mol. The van der Waals surface area contributed by atoms with E-state index < -0.39 is 0 Å². The van der Waals surface area contributed by atoms with Crippen LogP contribution in [0.25, 0.3) is 0 Å². The van der Waals surface area contributed by atoms with Gasteiger partial charge in [0.15, 0.2) is 0 Å². The highest BCUT2D eigenvalue weighted by Crippen LogP contribution is 2.28. The molecule has 0 fully saturated rings. The Bertz CT molecular complexity index is 594. The number of nitrogen functional groups attached to an aromatic ring is 1. The Labute approximate surface area is 140 Å². The minimum atomic E-state index is 0.822. The van der Waals surface area contributed by atoms with Gasteiger partial charge in [-0.3, -0.25) is 0 Å². The van der Waals surface area contributed by atoms with Gasteiger partial charge in [-0.2, -0.15) is 0 Å². The molecule has 0 aromatic heterocycles. The summed E-state index contributed by atoms with van der Waals surface area (Å²) in [6.45, 7) is 0. The van der Waals surface area contributed by atoms with Crippen molar-refractivity contribution in [3.05, 3.63) is 91.0 Å².